The zero-order valence-electron chi connectivity index (χ0n) is 12.4. The van der Waals surface area contributed by atoms with Crippen LogP contribution in [0.3, 0.4) is 0 Å². The normalized spacial score (nSPS) is 17.2. The van der Waals surface area contributed by atoms with Crippen LogP contribution in [0.25, 0.3) is 11.1 Å². The summed E-state index contributed by atoms with van der Waals surface area (Å²) in [7, 11) is -1.42. The zero-order chi connectivity index (χ0) is 14.2. The van der Waals surface area contributed by atoms with Gasteiger partial charge in [-0.1, -0.05) is 84.7 Å². The maximum Gasteiger partial charge on any atom is 0.100 e. The van der Waals surface area contributed by atoms with Crippen LogP contribution < -0.4 is 0 Å². The third-order valence-electron chi connectivity index (χ3n) is 4.26. The van der Waals surface area contributed by atoms with Crippen LogP contribution in [0.15, 0.2) is 71.6 Å². The Balaban J connectivity index is 2.19. The maximum absolute atomic E-state index is 2.54. The van der Waals surface area contributed by atoms with Gasteiger partial charge >= 0.3 is 0 Å². The van der Waals surface area contributed by atoms with E-state index < -0.39 is 8.07 Å². The van der Waals surface area contributed by atoms with Gasteiger partial charge in [0.15, 0.2) is 0 Å². The second-order valence-corrected chi connectivity index (χ2v) is 10.5. The number of rotatable bonds is 2. The molecule has 1 heterocycles. The molecule has 0 amide bonds. The molecule has 1 heteroatoms. The summed E-state index contributed by atoms with van der Waals surface area (Å²) >= 11 is 0. The molecule has 1 aliphatic heterocycles. The first kappa shape index (κ1) is 13.1. The molecule has 3 rings (SSSR count). The highest BCUT2D eigenvalue weighted by Gasteiger charge is 2.32. The van der Waals surface area contributed by atoms with Crippen molar-refractivity contribution in [3.05, 3.63) is 82.7 Å². The highest BCUT2D eigenvalue weighted by Crippen LogP contribution is 2.43. The number of benzene rings is 2. The van der Waals surface area contributed by atoms with E-state index in [9.17, 15) is 0 Å². The lowest BCUT2D eigenvalue weighted by Gasteiger charge is -2.16. The molecule has 2 aromatic rings. The van der Waals surface area contributed by atoms with Crippen molar-refractivity contribution in [3.63, 3.8) is 0 Å². The van der Waals surface area contributed by atoms with Crippen LogP contribution in [0.2, 0.25) is 13.1 Å². The minimum absolute atomic E-state index is 1.34. The van der Waals surface area contributed by atoms with Crippen LogP contribution in [0.5, 0.6) is 0 Å². The van der Waals surface area contributed by atoms with Crippen LogP contribution in [0.1, 0.15) is 18.1 Å². The number of hydrogen-bond acceptors (Lipinski definition) is 0. The second-order valence-electron chi connectivity index (χ2n) is 6.01. The standard InChI is InChI=1S/C19H20Si/c1-15-19(17-12-8-5-9-13-17)18(14-20(15,2)3)16-10-6-4-7-11-16/h4-14H,1-3H3. The summed E-state index contributed by atoms with van der Waals surface area (Å²) in [6, 6.07) is 21.6. The predicted molar refractivity (Wildman–Crippen MR) is 90.9 cm³/mol. The van der Waals surface area contributed by atoms with Gasteiger partial charge in [-0.2, -0.15) is 0 Å². The van der Waals surface area contributed by atoms with Gasteiger partial charge in [0.2, 0.25) is 0 Å². The molecule has 0 N–H and O–H groups in total. The van der Waals surface area contributed by atoms with E-state index in [1.807, 2.05) is 0 Å². The topological polar surface area (TPSA) is 0 Å². The highest BCUT2D eigenvalue weighted by molar-refractivity contribution is 6.92. The average molecular weight is 276 g/mol. The third kappa shape index (κ3) is 2.18. The molecule has 0 atom stereocenters. The summed E-state index contributed by atoms with van der Waals surface area (Å²) in [5.41, 5.74) is 8.10. The molecule has 0 unspecified atom stereocenters. The minimum Gasteiger partial charge on any atom is -0.0821 e. The van der Waals surface area contributed by atoms with Crippen molar-refractivity contribution in [1.29, 1.82) is 0 Å². The lowest BCUT2D eigenvalue weighted by Crippen LogP contribution is -2.22. The van der Waals surface area contributed by atoms with Crippen molar-refractivity contribution in [3.8, 4) is 0 Å². The summed E-state index contributed by atoms with van der Waals surface area (Å²) < 4.78 is 0. The van der Waals surface area contributed by atoms with Gasteiger partial charge in [-0.25, -0.2) is 0 Å². The first-order chi connectivity index (χ1) is 9.59. The molecule has 1 aliphatic rings. The van der Waals surface area contributed by atoms with Crippen LogP contribution >= 0.6 is 0 Å². The second kappa shape index (κ2) is 4.91. The van der Waals surface area contributed by atoms with Crippen molar-refractivity contribution in [2.24, 2.45) is 0 Å². The van der Waals surface area contributed by atoms with Gasteiger partial charge in [-0.15, -0.1) is 0 Å². The Labute approximate surface area is 122 Å². The molecule has 0 fully saturated rings. The van der Waals surface area contributed by atoms with E-state index in [1.54, 1.807) is 5.20 Å². The highest BCUT2D eigenvalue weighted by atomic mass is 28.3. The van der Waals surface area contributed by atoms with Gasteiger partial charge in [0.05, 0.1) is 0 Å². The summed E-state index contributed by atoms with van der Waals surface area (Å²) in [5, 5.41) is 1.59. The zero-order valence-corrected chi connectivity index (χ0v) is 13.4. The van der Waals surface area contributed by atoms with E-state index in [-0.39, 0.29) is 0 Å². The number of hydrogen-bond donors (Lipinski definition) is 0. The van der Waals surface area contributed by atoms with Crippen molar-refractivity contribution in [2.75, 3.05) is 0 Å². The monoisotopic (exact) mass is 276 g/mol. The molecule has 0 saturated heterocycles. The van der Waals surface area contributed by atoms with E-state index in [0.29, 0.717) is 0 Å². The molecule has 0 radical (unpaired) electrons. The van der Waals surface area contributed by atoms with Crippen LogP contribution in [-0.2, 0) is 0 Å². The lowest BCUT2D eigenvalue weighted by molar-refractivity contribution is 1.54. The third-order valence-corrected chi connectivity index (χ3v) is 7.46. The summed E-state index contributed by atoms with van der Waals surface area (Å²) in [6.45, 7) is 7.18. The lowest BCUT2D eigenvalue weighted by atomic mass is 9.93. The van der Waals surface area contributed by atoms with Crippen molar-refractivity contribution < 1.29 is 0 Å². The molecule has 0 aliphatic carbocycles. The van der Waals surface area contributed by atoms with E-state index in [2.05, 4.69) is 86.4 Å². The van der Waals surface area contributed by atoms with Gasteiger partial charge in [-0.05, 0) is 29.2 Å². The molecule has 100 valence electrons. The molecule has 0 nitrogen and oxygen atoms in total. The summed E-state index contributed by atoms with van der Waals surface area (Å²) in [6.07, 6.45) is 0. The quantitative estimate of drug-likeness (QED) is 0.649. The van der Waals surface area contributed by atoms with Gasteiger partial charge in [0.25, 0.3) is 0 Å². The van der Waals surface area contributed by atoms with Gasteiger partial charge in [0.1, 0.15) is 8.07 Å². The molecule has 0 saturated carbocycles. The Bertz CT molecular complexity index is 676. The molecule has 20 heavy (non-hydrogen) atoms. The molecular formula is C19H20Si. The molecule has 0 bridgehead atoms. The smallest absolute Gasteiger partial charge is 0.0821 e. The molecule has 0 spiro atoms. The largest absolute Gasteiger partial charge is 0.100 e. The minimum atomic E-state index is -1.42. The van der Waals surface area contributed by atoms with Gasteiger partial charge < -0.3 is 0 Å². The maximum atomic E-state index is 2.54. The first-order valence-electron chi connectivity index (χ1n) is 7.15. The van der Waals surface area contributed by atoms with Crippen LogP contribution in [0.4, 0.5) is 0 Å². The fourth-order valence-corrected chi connectivity index (χ4v) is 5.06. The van der Waals surface area contributed by atoms with E-state index in [1.165, 1.54) is 22.3 Å². The van der Waals surface area contributed by atoms with Crippen LogP contribution in [0, 0.1) is 0 Å². The number of allylic oxidation sites excluding steroid dienone is 3. The first-order valence-corrected chi connectivity index (χ1v) is 10.2. The van der Waals surface area contributed by atoms with Crippen LogP contribution in [-0.4, -0.2) is 8.07 Å². The Hall–Kier alpha value is -1.86. The van der Waals surface area contributed by atoms with Gasteiger partial charge in [0, 0.05) is 0 Å². The molecule has 2 aromatic carbocycles. The van der Waals surface area contributed by atoms with E-state index in [0.717, 1.165) is 0 Å². The van der Waals surface area contributed by atoms with Crippen molar-refractivity contribution in [1.82, 2.24) is 0 Å². The Kier molecular flexibility index (Phi) is 3.23. The summed E-state index contributed by atoms with van der Waals surface area (Å²) in [4.78, 5) is 0. The van der Waals surface area contributed by atoms with Crippen molar-refractivity contribution >= 4 is 19.2 Å². The average Bonchev–Trinajstić information content (AvgIpc) is 2.72. The Morgan fingerprint density at radius 2 is 1.20 bits per heavy atom. The molecule has 0 aromatic heterocycles. The van der Waals surface area contributed by atoms with E-state index >= 15 is 0 Å². The molecular weight excluding hydrogens is 256 g/mol. The predicted octanol–water partition coefficient (Wildman–Crippen LogP) is 5.34. The fraction of sp³-hybridized carbons (Fsp3) is 0.158. The summed E-state index contributed by atoms with van der Waals surface area (Å²) in [5.74, 6) is 0. The van der Waals surface area contributed by atoms with E-state index in [4.69, 9.17) is 0 Å². The van der Waals surface area contributed by atoms with Crippen molar-refractivity contribution in [2.45, 2.75) is 20.0 Å². The Morgan fingerprint density at radius 1 is 0.700 bits per heavy atom. The Morgan fingerprint density at radius 3 is 1.75 bits per heavy atom. The van der Waals surface area contributed by atoms with Gasteiger partial charge in [-0.3, -0.25) is 0 Å². The fourth-order valence-electron chi connectivity index (χ4n) is 2.89. The SMILES string of the molecule is CC1=C(c2ccccc2)C(c2ccccc2)=C[Si]1(C)C.